The Balaban J connectivity index is 1.46. The van der Waals surface area contributed by atoms with Crippen molar-refractivity contribution in [2.45, 2.75) is 44.2 Å². The molecule has 1 aliphatic carbocycles. The van der Waals surface area contributed by atoms with Gasteiger partial charge in [0.15, 0.2) is 0 Å². The standard InChI is InChI=1S/C15H24N2O4/c18-14(12-4-1-5-13(12)15(19)20)16-7-11-8-17-6-2-3-10(17)9-21-11/h10-13H,1-9H2,(H,16,18)(H,19,20)/t10?,11?,12-,13+/m1/s1. The zero-order chi connectivity index (χ0) is 14.8. The Morgan fingerprint density at radius 1 is 1.19 bits per heavy atom. The predicted molar refractivity (Wildman–Crippen MR) is 75.8 cm³/mol. The minimum Gasteiger partial charge on any atom is -0.481 e. The molecule has 1 amide bonds. The molecule has 4 atom stereocenters. The number of carbonyl (C=O) groups is 2. The molecule has 2 N–H and O–H groups in total. The van der Waals surface area contributed by atoms with Gasteiger partial charge in [0, 0.05) is 19.1 Å². The minimum atomic E-state index is -0.846. The van der Waals surface area contributed by atoms with E-state index in [1.54, 1.807) is 0 Å². The highest BCUT2D eigenvalue weighted by atomic mass is 16.5. The maximum Gasteiger partial charge on any atom is 0.307 e. The van der Waals surface area contributed by atoms with Crippen molar-refractivity contribution in [3.05, 3.63) is 0 Å². The highest BCUT2D eigenvalue weighted by molar-refractivity contribution is 5.85. The molecule has 3 rings (SSSR count). The summed E-state index contributed by atoms with van der Waals surface area (Å²) in [6.07, 6.45) is 4.60. The second-order valence-corrected chi connectivity index (χ2v) is 6.47. The molecule has 6 nitrogen and oxygen atoms in total. The van der Waals surface area contributed by atoms with Crippen molar-refractivity contribution in [1.29, 1.82) is 0 Å². The molecule has 6 heteroatoms. The number of aliphatic carboxylic acids is 1. The number of carboxylic acid groups (broad SMARTS) is 1. The van der Waals surface area contributed by atoms with Crippen molar-refractivity contribution in [3.8, 4) is 0 Å². The number of rotatable bonds is 4. The van der Waals surface area contributed by atoms with Gasteiger partial charge in [0.25, 0.3) is 0 Å². The van der Waals surface area contributed by atoms with Gasteiger partial charge in [0.05, 0.1) is 24.5 Å². The van der Waals surface area contributed by atoms with E-state index in [4.69, 9.17) is 9.84 Å². The van der Waals surface area contributed by atoms with Crippen molar-refractivity contribution in [3.63, 3.8) is 0 Å². The summed E-state index contributed by atoms with van der Waals surface area (Å²) in [5, 5.41) is 12.0. The third-order valence-electron chi connectivity index (χ3n) is 5.14. The quantitative estimate of drug-likeness (QED) is 0.788. The lowest BCUT2D eigenvalue weighted by molar-refractivity contribution is -0.146. The number of amides is 1. The number of ether oxygens (including phenoxy) is 1. The van der Waals surface area contributed by atoms with Gasteiger partial charge in [0.1, 0.15) is 0 Å². The van der Waals surface area contributed by atoms with Crippen LogP contribution in [-0.2, 0) is 14.3 Å². The zero-order valence-electron chi connectivity index (χ0n) is 12.3. The molecule has 21 heavy (non-hydrogen) atoms. The minimum absolute atomic E-state index is 0.0352. The molecule has 0 aromatic heterocycles. The van der Waals surface area contributed by atoms with Crippen LogP contribution in [-0.4, -0.2) is 60.3 Å². The van der Waals surface area contributed by atoms with Crippen LogP contribution < -0.4 is 5.32 Å². The average molecular weight is 296 g/mol. The summed E-state index contributed by atoms with van der Waals surface area (Å²) >= 11 is 0. The highest BCUT2D eigenvalue weighted by Gasteiger charge is 2.38. The van der Waals surface area contributed by atoms with Crippen LogP contribution >= 0.6 is 0 Å². The lowest BCUT2D eigenvalue weighted by Gasteiger charge is -2.35. The molecular weight excluding hydrogens is 272 g/mol. The summed E-state index contributed by atoms with van der Waals surface area (Å²) in [5.74, 6) is -1.85. The fourth-order valence-corrected chi connectivity index (χ4v) is 3.92. The second kappa shape index (κ2) is 6.32. The van der Waals surface area contributed by atoms with E-state index in [0.29, 0.717) is 25.4 Å². The largest absolute Gasteiger partial charge is 0.481 e. The molecule has 2 saturated heterocycles. The van der Waals surface area contributed by atoms with Crippen LogP contribution in [0.1, 0.15) is 32.1 Å². The van der Waals surface area contributed by atoms with Crippen molar-refractivity contribution in [2.75, 3.05) is 26.2 Å². The first-order chi connectivity index (χ1) is 10.1. The Labute approximate surface area is 124 Å². The van der Waals surface area contributed by atoms with E-state index in [2.05, 4.69) is 10.2 Å². The lowest BCUT2D eigenvalue weighted by Crippen LogP contribution is -2.50. The topological polar surface area (TPSA) is 78.9 Å². The fourth-order valence-electron chi connectivity index (χ4n) is 3.92. The van der Waals surface area contributed by atoms with Crippen LogP contribution in [0.2, 0.25) is 0 Å². The molecule has 0 bridgehead atoms. The number of nitrogens with zero attached hydrogens (tertiary/aromatic N) is 1. The third-order valence-corrected chi connectivity index (χ3v) is 5.14. The van der Waals surface area contributed by atoms with Gasteiger partial charge < -0.3 is 15.2 Å². The van der Waals surface area contributed by atoms with Gasteiger partial charge in [-0.2, -0.15) is 0 Å². The summed E-state index contributed by atoms with van der Waals surface area (Å²) in [5.41, 5.74) is 0. The summed E-state index contributed by atoms with van der Waals surface area (Å²) in [7, 11) is 0. The van der Waals surface area contributed by atoms with Gasteiger partial charge in [0.2, 0.25) is 5.91 Å². The Bertz CT molecular complexity index is 414. The van der Waals surface area contributed by atoms with Gasteiger partial charge in [-0.3, -0.25) is 14.5 Å². The number of hydrogen-bond donors (Lipinski definition) is 2. The number of nitrogens with one attached hydrogen (secondary N) is 1. The molecule has 3 aliphatic rings. The summed E-state index contributed by atoms with van der Waals surface area (Å²) in [4.78, 5) is 25.8. The molecule has 118 valence electrons. The maximum absolute atomic E-state index is 12.2. The molecule has 2 heterocycles. The lowest BCUT2D eigenvalue weighted by atomic mass is 9.95. The average Bonchev–Trinajstić information content (AvgIpc) is 3.12. The summed E-state index contributed by atoms with van der Waals surface area (Å²) in [6.45, 7) is 3.24. The number of hydrogen-bond acceptors (Lipinski definition) is 4. The second-order valence-electron chi connectivity index (χ2n) is 6.47. The van der Waals surface area contributed by atoms with E-state index in [1.807, 2.05) is 0 Å². The van der Waals surface area contributed by atoms with E-state index in [1.165, 1.54) is 12.8 Å². The van der Waals surface area contributed by atoms with Crippen molar-refractivity contribution in [1.82, 2.24) is 10.2 Å². The molecule has 0 radical (unpaired) electrons. The summed E-state index contributed by atoms with van der Waals surface area (Å²) < 4.78 is 5.81. The fraction of sp³-hybridized carbons (Fsp3) is 0.867. The van der Waals surface area contributed by atoms with Crippen LogP contribution in [0.5, 0.6) is 0 Å². The van der Waals surface area contributed by atoms with Crippen LogP contribution in [0.25, 0.3) is 0 Å². The SMILES string of the molecule is O=C(O)[C@H]1CCC[C@H]1C(=O)NCC1CN2CCCC2CO1. The number of carbonyl (C=O) groups excluding carboxylic acids is 1. The third kappa shape index (κ3) is 3.21. The first kappa shape index (κ1) is 14.8. The zero-order valence-corrected chi connectivity index (χ0v) is 12.3. The van der Waals surface area contributed by atoms with Crippen molar-refractivity contribution < 1.29 is 19.4 Å². The first-order valence-electron chi connectivity index (χ1n) is 8.01. The molecule has 2 unspecified atom stereocenters. The highest BCUT2D eigenvalue weighted by Crippen LogP contribution is 2.32. The Morgan fingerprint density at radius 2 is 2.00 bits per heavy atom. The molecule has 1 saturated carbocycles. The van der Waals surface area contributed by atoms with Gasteiger partial charge >= 0.3 is 5.97 Å². The van der Waals surface area contributed by atoms with Crippen molar-refractivity contribution >= 4 is 11.9 Å². The Kier molecular flexibility index (Phi) is 4.45. The first-order valence-corrected chi connectivity index (χ1v) is 8.01. The molecule has 2 aliphatic heterocycles. The molecule has 0 aromatic rings. The Morgan fingerprint density at radius 3 is 2.81 bits per heavy atom. The number of carboxylic acids is 1. The summed E-state index contributed by atoms with van der Waals surface area (Å²) in [6, 6.07) is 0.558. The van der Waals surface area contributed by atoms with E-state index >= 15 is 0 Å². The molecular formula is C15H24N2O4. The molecule has 0 spiro atoms. The van der Waals surface area contributed by atoms with Crippen LogP contribution in [0.4, 0.5) is 0 Å². The van der Waals surface area contributed by atoms with Crippen LogP contribution in [0.15, 0.2) is 0 Å². The van der Waals surface area contributed by atoms with Gasteiger partial charge in [-0.1, -0.05) is 6.42 Å². The normalized spacial score (nSPS) is 36.4. The molecule has 3 fully saturated rings. The van der Waals surface area contributed by atoms with E-state index in [9.17, 15) is 9.59 Å². The molecule has 0 aromatic carbocycles. The van der Waals surface area contributed by atoms with Crippen LogP contribution in [0, 0.1) is 11.8 Å². The van der Waals surface area contributed by atoms with Crippen LogP contribution in [0.3, 0.4) is 0 Å². The van der Waals surface area contributed by atoms with Crippen molar-refractivity contribution in [2.24, 2.45) is 11.8 Å². The Hall–Kier alpha value is -1.14. The smallest absolute Gasteiger partial charge is 0.307 e. The van der Waals surface area contributed by atoms with Gasteiger partial charge in [-0.15, -0.1) is 0 Å². The maximum atomic E-state index is 12.2. The monoisotopic (exact) mass is 296 g/mol. The van der Waals surface area contributed by atoms with E-state index in [-0.39, 0.29) is 17.9 Å². The van der Waals surface area contributed by atoms with Gasteiger partial charge in [-0.25, -0.2) is 0 Å². The van der Waals surface area contributed by atoms with E-state index < -0.39 is 11.9 Å². The number of morpholine rings is 1. The number of fused-ring (bicyclic) bond motifs is 1. The van der Waals surface area contributed by atoms with E-state index in [0.717, 1.165) is 26.1 Å². The van der Waals surface area contributed by atoms with Gasteiger partial charge in [-0.05, 0) is 32.2 Å². The predicted octanol–water partition coefficient (Wildman–Crippen LogP) is 0.467.